The normalized spacial score (nSPS) is 10.5. The van der Waals surface area contributed by atoms with E-state index in [2.05, 4.69) is 9.68 Å². The molecule has 0 saturated heterocycles. The highest BCUT2D eigenvalue weighted by Gasteiger charge is 2.28. The molecule has 0 fully saturated rings. The Hall–Kier alpha value is -0.930. The fraction of sp³-hybridized carbons (Fsp3) is 0.625. The van der Waals surface area contributed by atoms with Crippen molar-refractivity contribution in [2.75, 3.05) is 0 Å². The van der Waals surface area contributed by atoms with Crippen LogP contribution in [-0.4, -0.2) is 5.16 Å². The lowest BCUT2D eigenvalue weighted by Crippen LogP contribution is -2.06. The summed E-state index contributed by atoms with van der Waals surface area (Å²) in [6, 6.07) is 1.22. The van der Waals surface area contributed by atoms with Crippen LogP contribution in [0.25, 0.3) is 0 Å². The van der Waals surface area contributed by atoms with Gasteiger partial charge in [-0.25, -0.2) is 0 Å². The fourth-order valence-electron chi connectivity index (χ4n) is 0.573. The maximum Gasteiger partial charge on any atom is 0.290 e. The number of hydrogen-bond acceptors (Lipinski definition) is 2. The third-order valence-electron chi connectivity index (χ3n) is 1.08. The lowest BCUT2D eigenvalue weighted by molar-refractivity contribution is 0.00968. The zero-order chi connectivity index (χ0) is 9.78. The van der Waals surface area contributed by atoms with Crippen LogP contribution in [0.4, 0.5) is 8.78 Å². The van der Waals surface area contributed by atoms with Gasteiger partial charge in [-0.3, -0.25) is 0 Å². The Morgan fingerprint density at radius 1 is 1.42 bits per heavy atom. The summed E-state index contributed by atoms with van der Waals surface area (Å²) in [5.74, 6) is -2.49. The third kappa shape index (κ3) is 2.98. The van der Waals surface area contributed by atoms with Gasteiger partial charge in [-0.2, -0.15) is 8.78 Å². The highest BCUT2D eigenvalue weighted by molar-refractivity contribution is 5.08. The van der Waals surface area contributed by atoms with E-state index in [0.717, 1.165) is 6.92 Å². The quantitative estimate of drug-likeness (QED) is 0.658. The van der Waals surface area contributed by atoms with Crippen molar-refractivity contribution in [1.82, 2.24) is 5.16 Å². The predicted molar refractivity (Wildman–Crippen MR) is 42.2 cm³/mol. The minimum Gasteiger partial charge on any atom is -0.361 e. The van der Waals surface area contributed by atoms with Gasteiger partial charge in [0.1, 0.15) is 5.76 Å². The molecule has 1 rings (SSSR count). The van der Waals surface area contributed by atoms with E-state index in [0.29, 0.717) is 5.76 Å². The Labute approximate surface area is 70.6 Å². The molecule has 0 unspecified atom stereocenters. The van der Waals surface area contributed by atoms with Crippen LogP contribution in [0.15, 0.2) is 10.6 Å². The summed E-state index contributed by atoms with van der Waals surface area (Å²) in [7, 11) is 0. The van der Waals surface area contributed by atoms with Crippen LogP contribution in [0.5, 0.6) is 0 Å². The number of aromatic nitrogens is 1. The van der Waals surface area contributed by atoms with Gasteiger partial charge in [0, 0.05) is 13.0 Å². The summed E-state index contributed by atoms with van der Waals surface area (Å²) in [6.07, 6.45) is 0. The first-order chi connectivity index (χ1) is 5.50. The molecule has 4 heteroatoms. The number of hydrogen-bond donors (Lipinski definition) is 0. The monoisotopic (exact) mass is 177 g/mol. The molecule has 0 aromatic carbocycles. The summed E-state index contributed by atoms with van der Waals surface area (Å²) in [5.41, 5.74) is -0.315. The Morgan fingerprint density at radius 3 is 2.08 bits per heavy atom. The maximum atomic E-state index is 12.3. The van der Waals surface area contributed by atoms with Crippen LogP contribution in [0.1, 0.15) is 32.2 Å². The Kier molecular flexibility index (Phi) is 3.86. The highest BCUT2D eigenvalue weighted by atomic mass is 19.3. The predicted octanol–water partition coefficient (Wildman–Crippen LogP) is 3.12. The molecule has 0 radical (unpaired) electrons. The lowest BCUT2D eigenvalue weighted by Gasteiger charge is -2.02. The van der Waals surface area contributed by atoms with Crippen LogP contribution in [0.3, 0.4) is 0 Å². The smallest absolute Gasteiger partial charge is 0.290 e. The molecule has 0 amide bonds. The van der Waals surface area contributed by atoms with Crippen molar-refractivity contribution < 1.29 is 13.3 Å². The minimum atomic E-state index is -2.89. The lowest BCUT2D eigenvalue weighted by atomic mass is 10.2. The van der Waals surface area contributed by atoms with Gasteiger partial charge in [0.25, 0.3) is 5.92 Å². The molecule has 1 aromatic rings. The van der Waals surface area contributed by atoms with Gasteiger partial charge >= 0.3 is 0 Å². The van der Waals surface area contributed by atoms with Gasteiger partial charge in [-0.1, -0.05) is 19.0 Å². The molecule has 0 aliphatic rings. The van der Waals surface area contributed by atoms with Crippen molar-refractivity contribution in [3.63, 3.8) is 0 Å². The van der Waals surface area contributed by atoms with Gasteiger partial charge in [0.2, 0.25) is 0 Å². The van der Waals surface area contributed by atoms with Crippen LogP contribution in [0.2, 0.25) is 0 Å². The Bertz CT molecular complexity index is 227. The van der Waals surface area contributed by atoms with E-state index in [-0.39, 0.29) is 5.69 Å². The fourth-order valence-corrected chi connectivity index (χ4v) is 0.573. The van der Waals surface area contributed by atoms with Crippen LogP contribution >= 0.6 is 0 Å². The Morgan fingerprint density at radius 2 is 1.92 bits per heavy atom. The number of rotatable bonds is 1. The largest absolute Gasteiger partial charge is 0.361 e. The van der Waals surface area contributed by atoms with Crippen molar-refractivity contribution in [3.8, 4) is 0 Å². The second-order valence-corrected chi connectivity index (χ2v) is 2.21. The summed E-state index contributed by atoms with van der Waals surface area (Å²) >= 11 is 0. The number of aryl methyl sites for hydroxylation is 1. The summed E-state index contributed by atoms with van der Waals surface area (Å²) in [5, 5.41) is 3.16. The zero-order valence-electron chi connectivity index (χ0n) is 7.69. The van der Waals surface area contributed by atoms with E-state index in [9.17, 15) is 8.78 Å². The molecule has 0 saturated carbocycles. The molecular weight excluding hydrogens is 164 g/mol. The molecule has 70 valence electrons. The standard InChI is InChI=1S/C6H7F2NO.C2H6/c1-4-3-5(9-10-4)6(2,7)8;1-2/h3H,1-2H3;1-2H3. The first kappa shape index (κ1) is 11.1. The third-order valence-corrected chi connectivity index (χ3v) is 1.08. The molecule has 2 nitrogen and oxygen atoms in total. The summed E-state index contributed by atoms with van der Waals surface area (Å²) in [6.45, 7) is 6.35. The Balaban J connectivity index is 0.000000561. The zero-order valence-corrected chi connectivity index (χ0v) is 7.69. The highest BCUT2D eigenvalue weighted by Crippen LogP contribution is 2.25. The van der Waals surface area contributed by atoms with Crippen molar-refractivity contribution >= 4 is 0 Å². The number of nitrogens with zero attached hydrogens (tertiary/aromatic N) is 1. The molecule has 0 bridgehead atoms. The molecule has 0 N–H and O–H groups in total. The molecule has 0 aliphatic carbocycles. The van der Waals surface area contributed by atoms with E-state index < -0.39 is 5.92 Å². The SMILES string of the molecule is CC.Cc1cc(C(C)(F)F)no1. The van der Waals surface area contributed by atoms with E-state index in [4.69, 9.17) is 0 Å². The van der Waals surface area contributed by atoms with Gasteiger partial charge in [-0.15, -0.1) is 0 Å². The topological polar surface area (TPSA) is 26.0 Å². The van der Waals surface area contributed by atoms with E-state index in [1.54, 1.807) is 6.92 Å². The first-order valence-electron chi connectivity index (χ1n) is 3.82. The molecule has 0 aliphatic heterocycles. The van der Waals surface area contributed by atoms with Crippen molar-refractivity contribution in [2.24, 2.45) is 0 Å². The summed E-state index contributed by atoms with van der Waals surface area (Å²) < 4.78 is 29.2. The van der Waals surface area contributed by atoms with E-state index >= 15 is 0 Å². The van der Waals surface area contributed by atoms with Crippen molar-refractivity contribution in [1.29, 1.82) is 0 Å². The molecule has 12 heavy (non-hydrogen) atoms. The number of halogens is 2. The van der Waals surface area contributed by atoms with E-state index in [1.165, 1.54) is 6.07 Å². The molecule has 1 heterocycles. The van der Waals surface area contributed by atoms with Gasteiger partial charge in [0.15, 0.2) is 5.69 Å². The minimum absolute atomic E-state index is 0.315. The van der Waals surface area contributed by atoms with Gasteiger partial charge in [0.05, 0.1) is 0 Å². The van der Waals surface area contributed by atoms with Crippen molar-refractivity contribution in [3.05, 3.63) is 17.5 Å². The average Bonchev–Trinajstić information content (AvgIpc) is 2.39. The van der Waals surface area contributed by atoms with Crippen LogP contribution in [0, 0.1) is 6.92 Å². The number of alkyl halides is 2. The van der Waals surface area contributed by atoms with Gasteiger partial charge in [-0.05, 0) is 6.92 Å². The second-order valence-electron chi connectivity index (χ2n) is 2.21. The summed E-state index contributed by atoms with van der Waals surface area (Å²) in [4.78, 5) is 0. The average molecular weight is 177 g/mol. The van der Waals surface area contributed by atoms with Crippen LogP contribution < -0.4 is 0 Å². The van der Waals surface area contributed by atoms with E-state index in [1.807, 2.05) is 13.8 Å². The molecule has 1 aromatic heterocycles. The maximum absolute atomic E-state index is 12.3. The molecule has 0 spiro atoms. The first-order valence-corrected chi connectivity index (χ1v) is 3.82. The molecule has 0 atom stereocenters. The van der Waals surface area contributed by atoms with Crippen LogP contribution in [-0.2, 0) is 5.92 Å². The molecular formula is C8H13F2NO. The van der Waals surface area contributed by atoms with Crippen molar-refractivity contribution in [2.45, 2.75) is 33.6 Å². The van der Waals surface area contributed by atoms with Gasteiger partial charge < -0.3 is 4.52 Å². The second kappa shape index (κ2) is 4.18.